The molecule has 0 unspecified atom stereocenters. The summed E-state index contributed by atoms with van der Waals surface area (Å²) < 4.78 is 37.5. The number of pyridine rings is 3. The second kappa shape index (κ2) is 35.4. The summed E-state index contributed by atoms with van der Waals surface area (Å²) >= 11 is 0. The Kier molecular flexibility index (Phi) is 24.4. The summed E-state index contributed by atoms with van der Waals surface area (Å²) in [5.74, 6) is 7.11. The van der Waals surface area contributed by atoms with Gasteiger partial charge in [0.05, 0.1) is 45.8 Å². The van der Waals surface area contributed by atoms with E-state index in [1.54, 1.807) is 0 Å². The molecule has 17 heteroatoms. The topological polar surface area (TPSA) is 118 Å². The zero-order chi connectivity index (χ0) is 91.5. The quantitative estimate of drug-likeness (QED) is 0.0679. The first-order valence-corrected chi connectivity index (χ1v) is 45.2. The van der Waals surface area contributed by atoms with Crippen molar-refractivity contribution in [1.82, 2.24) is 51.9 Å². The maximum absolute atomic E-state index is 6.71. The van der Waals surface area contributed by atoms with Crippen LogP contribution < -0.4 is 42.8 Å². The molecule has 0 saturated carbocycles. The minimum Gasteiger partial charge on any atom is -1.00 e. The van der Waals surface area contributed by atoms with Crippen LogP contribution in [0.15, 0.2) is 317 Å². The first-order valence-electron chi connectivity index (χ1n) is 45.2. The molecule has 0 saturated heterocycles. The Bertz CT molecular complexity index is 7700. The van der Waals surface area contributed by atoms with Crippen LogP contribution in [0.1, 0.15) is 158 Å². The molecule has 0 aliphatic heterocycles. The molecule has 0 amide bonds. The Hall–Kier alpha value is -13.3. The van der Waals surface area contributed by atoms with Gasteiger partial charge in [0.15, 0.2) is 28.4 Å². The van der Waals surface area contributed by atoms with E-state index < -0.39 is 0 Å². The number of hydrogen-bond acceptors (Lipinski definition) is 7. The van der Waals surface area contributed by atoms with E-state index in [0.29, 0.717) is 11.5 Å². The molecule has 0 fully saturated rings. The van der Waals surface area contributed by atoms with Gasteiger partial charge in [0.1, 0.15) is 52.5 Å². The van der Waals surface area contributed by atoms with E-state index in [1.165, 1.54) is 60.4 Å². The van der Waals surface area contributed by atoms with Crippen molar-refractivity contribution in [2.75, 3.05) is 0 Å². The first kappa shape index (κ1) is 91.6. The van der Waals surface area contributed by atoms with Crippen LogP contribution in [-0.2, 0) is 67.7 Å². The fraction of sp³-hybridized carbons (Fsp3) is 0.224. The molecule has 0 radical (unpaired) electrons. The minimum atomic E-state index is -0.0864. The second-order valence-electron chi connectivity index (χ2n) is 40.8. The van der Waals surface area contributed by atoms with Gasteiger partial charge >= 0.3 is 0 Å². The Balaban J connectivity index is 0.000000138. The van der Waals surface area contributed by atoms with Gasteiger partial charge in [0.25, 0.3) is 0 Å². The molecule has 672 valence electrons. The summed E-state index contributed by atoms with van der Waals surface area (Å²) in [6.07, 6.45) is 11.9. The molecule has 0 spiro atoms. The summed E-state index contributed by atoms with van der Waals surface area (Å²) in [5, 5.41) is 6.99. The molecule has 9 aromatic heterocycles. The molecule has 0 aliphatic carbocycles. The number of aromatic nitrogens is 12. The number of fused-ring (bicyclic) bond motifs is 12. The van der Waals surface area contributed by atoms with Crippen LogP contribution in [0.4, 0.5) is 0 Å². The molecule has 9 heterocycles. The zero-order valence-corrected chi connectivity index (χ0v) is 83.7. The van der Waals surface area contributed by atoms with Crippen LogP contribution >= 0.6 is 0 Å². The molecular weight excluding hydrogens is 1930 g/mol. The Morgan fingerprint density at radius 3 is 1.23 bits per heavy atom. The van der Waals surface area contributed by atoms with Crippen LogP contribution in [0, 0.1) is 12.1 Å². The largest absolute Gasteiger partial charge is 1.00 e. The molecule has 0 atom stereocenters. The van der Waals surface area contributed by atoms with Gasteiger partial charge in [-0.05, 0) is 205 Å². The van der Waals surface area contributed by atoms with Crippen molar-refractivity contribution >= 4 is 98.5 Å². The molecule has 0 aliphatic rings. The number of benzene rings is 12. The van der Waals surface area contributed by atoms with E-state index in [-0.39, 0.29) is 77.5 Å². The average Bonchev–Trinajstić information content (AvgIpc) is 1.60. The smallest absolute Gasteiger partial charge is 0.249 e. The number of rotatable bonds is 12. The molecule has 15 nitrogen and oxygen atoms in total. The number of para-hydroxylation sites is 9. The zero-order valence-electron chi connectivity index (χ0n) is 79.3. The van der Waals surface area contributed by atoms with Crippen molar-refractivity contribution in [3.05, 3.63) is 362 Å². The van der Waals surface area contributed by atoms with Gasteiger partial charge in [-0.25, -0.2) is 33.6 Å². The van der Waals surface area contributed by atoms with Crippen molar-refractivity contribution in [3.8, 4) is 69.0 Å². The van der Waals surface area contributed by atoms with Gasteiger partial charge in [0, 0.05) is 127 Å². The SMILES string of the molecule is CC(C)(C)c1cc(Oc2ccc3c4ccccc4n(-c4cc(C(C)(C)C)ccn4)c3c2)cc(-n2cnc3ccccc32)c1.C[n+]1cn(-c2cc(Oc3ccc4c5ccccc5n(-c5cc(C(C)(C)C)ccn5)c4c3)cc(C(C)(C)C)c2)c2ccccc21.Cn1[cH+]n(-c2[c-]c(Oc3[c-]c4c(cc3)c3ccccc3n4-c3cc(C(C)(C)C)ccn3)cc(C(C)(C)C)c2)c2ccccc21.[I-].[Pt]. The van der Waals surface area contributed by atoms with Crippen LogP contribution in [0.5, 0.6) is 34.5 Å². The van der Waals surface area contributed by atoms with Gasteiger partial charge in [-0.2, -0.15) is 10.6 Å². The molecule has 12 aromatic carbocycles. The van der Waals surface area contributed by atoms with Crippen LogP contribution in [-0.4, -0.2) is 51.9 Å². The number of hydrogen-bond donors (Lipinski definition) is 0. The third-order valence-corrected chi connectivity index (χ3v) is 25.2. The van der Waals surface area contributed by atoms with Crippen LogP contribution in [0.2, 0.25) is 0 Å². The van der Waals surface area contributed by atoms with E-state index in [9.17, 15) is 0 Å². The third kappa shape index (κ3) is 18.1. The first-order chi connectivity index (χ1) is 62.5. The summed E-state index contributed by atoms with van der Waals surface area (Å²) in [6, 6.07) is 105. The minimum absolute atomic E-state index is 0. The number of aryl methyl sites for hydroxylation is 2. The third-order valence-electron chi connectivity index (χ3n) is 25.2. The molecule has 21 rings (SSSR count). The van der Waals surface area contributed by atoms with Gasteiger partial charge in [-0.1, -0.05) is 221 Å². The van der Waals surface area contributed by atoms with E-state index >= 15 is 0 Å². The van der Waals surface area contributed by atoms with Gasteiger partial charge in [-0.3, -0.25) is 13.7 Å². The fourth-order valence-electron chi connectivity index (χ4n) is 17.8. The van der Waals surface area contributed by atoms with Gasteiger partial charge in [0.2, 0.25) is 6.33 Å². The summed E-state index contributed by atoms with van der Waals surface area (Å²) in [7, 11) is 4.16. The predicted octanol–water partition coefficient (Wildman–Crippen LogP) is 26.0. The Labute approximate surface area is 810 Å². The number of imidazole rings is 3. The molecule has 0 bridgehead atoms. The monoisotopic (exact) mass is 2040 g/mol. The number of nitrogens with zero attached hydrogens (tertiary/aromatic N) is 12. The molecule has 0 N–H and O–H groups in total. The summed E-state index contributed by atoms with van der Waals surface area (Å²) in [6.45, 7) is 40.2. The van der Waals surface area contributed by atoms with Crippen LogP contribution in [0.3, 0.4) is 0 Å². The second-order valence-corrected chi connectivity index (χ2v) is 40.8. The van der Waals surface area contributed by atoms with Crippen molar-refractivity contribution in [3.63, 3.8) is 0 Å². The molecular formula is C116H112IN12O3Pt-. The van der Waals surface area contributed by atoms with E-state index in [0.717, 1.165) is 129 Å². The maximum atomic E-state index is 6.71. The van der Waals surface area contributed by atoms with Gasteiger partial charge < -0.3 is 42.8 Å². The Morgan fingerprint density at radius 1 is 0.316 bits per heavy atom. The molecule has 133 heavy (non-hydrogen) atoms. The predicted molar refractivity (Wildman–Crippen MR) is 538 cm³/mol. The van der Waals surface area contributed by atoms with Gasteiger partial charge in [-0.15, -0.1) is 29.1 Å². The van der Waals surface area contributed by atoms with Crippen molar-refractivity contribution in [2.24, 2.45) is 14.1 Å². The standard InChI is InChI=1S/C39H39N4O.C39H37N4O.C38H36N4O.HI.Pt/c2*1-38(2,3)26-18-19-40-37(22-26)43-33-13-9-8-12-31(33)32-17-16-29(24-36(32)43)44-30-21-27(39(4,5)6)20-28(23-30)42-25-41(7)34-14-10-11-15-35(34)42;1-37(2,3)25-17-18-39-36(21-25)42-33-13-9-7-11-30(33)31-16-15-28(23-35(31)42)43-29-20-26(38(4,5)6)19-27(22-29)41-24-40-32-12-8-10-14-34(32)41;;/h8-25H,1-7H3;8-22,25H,1-7H3;7-24H,1-6H3;1H;/q+1;-1;;;/p-1. The number of halogens is 1. The van der Waals surface area contributed by atoms with Crippen molar-refractivity contribution < 1.29 is 63.8 Å². The fourth-order valence-corrected chi connectivity index (χ4v) is 17.8. The average molecular weight is 2040 g/mol. The van der Waals surface area contributed by atoms with E-state index in [1.807, 2.05) is 49.2 Å². The maximum Gasteiger partial charge on any atom is 0.249 e. The summed E-state index contributed by atoms with van der Waals surface area (Å²) in [5.41, 5.74) is 23.2. The van der Waals surface area contributed by atoms with Crippen LogP contribution in [0.25, 0.3) is 133 Å². The number of ether oxygens (including phenoxy) is 3. The van der Waals surface area contributed by atoms with E-state index in [4.69, 9.17) is 29.2 Å². The normalized spacial score (nSPS) is 12.2. The summed E-state index contributed by atoms with van der Waals surface area (Å²) in [4.78, 5) is 19.1. The molecule has 21 aromatic rings. The Morgan fingerprint density at radius 2 is 0.722 bits per heavy atom. The van der Waals surface area contributed by atoms with E-state index in [2.05, 4.69) is 460 Å². The van der Waals surface area contributed by atoms with Crippen molar-refractivity contribution in [1.29, 1.82) is 0 Å². The van der Waals surface area contributed by atoms with Crippen molar-refractivity contribution in [2.45, 2.75) is 157 Å².